The van der Waals surface area contributed by atoms with E-state index in [1.54, 1.807) is 0 Å². The minimum atomic E-state index is -0.517. The van der Waals surface area contributed by atoms with Gasteiger partial charge in [-0.2, -0.15) is 0 Å². The van der Waals surface area contributed by atoms with Gasteiger partial charge in [-0.1, -0.05) is 6.42 Å². The highest BCUT2D eigenvalue weighted by atomic mass is 16.3. The zero-order valence-corrected chi connectivity index (χ0v) is 7.64. The Morgan fingerprint density at radius 2 is 1.73 bits per heavy atom. The maximum atomic E-state index is 9.53. The Kier molecular flexibility index (Phi) is 2.90. The van der Waals surface area contributed by atoms with Gasteiger partial charge in [-0.3, -0.25) is 0 Å². The topological polar surface area (TPSA) is 23.5 Å². The van der Waals surface area contributed by atoms with Crippen LogP contribution in [-0.2, 0) is 0 Å². The van der Waals surface area contributed by atoms with Crippen LogP contribution in [-0.4, -0.2) is 35.2 Å². The molecule has 1 fully saturated rings. The number of aliphatic hydroxyl groups is 1. The Balaban J connectivity index is 2.24. The molecule has 0 atom stereocenters. The molecule has 66 valence electrons. The SMILES string of the molecule is CC(C)(O)CN1CCCCC1. The molecule has 0 spiro atoms. The van der Waals surface area contributed by atoms with E-state index in [1.165, 1.54) is 32.4 Å². The Labute approximate surface area is 69.2 Å². The molecule has 0 aliphatic carbocycles. The van der Waals surface area contributed by atoms with Crippen molar-refractivity contribution in [3.63, 3.8) is 0 Å². The molecule has 0 saturated carbocycles. The highest BCUT2D eigenvalue weighted by Crippen LogP contribution is 2.12. The largest absolute Gasteiger partial charge is 0.389 e. The molecule has 1 heterocycles. The molecule has 0 aromatic rings. The van der Waals surface area contributed by atoms with Crippen LogP contribution in [0.15, 0.2) is 0 Å². The first kappa shape index (κ1) is 9.01. The molecule has 0 aromatic carbocycles. The van der Waals surface area contributed by atoms with Gasteiger partial charge in [-0.05, 0) is 39.8 Å². The summed E-state index contributed by atoms with van der Waals surface area (Å²) >= 11 is 0. The fraction of sp³-hybridized carbons (Fsp3) is 1.00. The second-order valence-corrected chi connectivity index (χ2v) is 4.15. The monoisotopic (exact) mass is 157 g/mol. The van der Waals surface area contributed by atoms with Gasteiger partial charge in [0.2, 0.25) is 0 Å². The van der Waals surface area contributed by atoms with Gasteiger partial charge in [0.05, 0.1) is 5.60 Å². The van der Waals surface area contributed by atoms with Crippen LogP contribution in [0.3, 0.4) is 0 Å². The number of piperidine rings is 1. The summed E-state index contributed by atoms with van der Waals surface area (Å²) in [7, 11) is 0. The van der Waals surface area contributed by atoms with Crippen LogP contribution in [0.2, 0.25) is 0 Å². The van der Waals surface area contributed by atoms with E-state index in [0.717, 1.165) is 6.54 Å². The van der Waals surface area contributed by atoms with Crippen molar-refractivity contribution in [3.05, 3.63) is 0 Å². The molecule has 1 aliphatic heterocycles. The fourth-order valence-corrected chi connectivity index (χ4v) is 1.66. The smallest absolute Gasteiger partial charge is 0.0718 e. The Bertz CT molecular complexity index is 111. The maximum Gasteiger partial charge on any atom is 0.0718 e. The van der Waals surface area contributed by atoms with Gasteiger partial charge >= 0.3 is 0 Å². The summed E-state index contributed by atoms with van der Waals surface area (Å²) in [5.41, 5.74) is -0.517. The first-order chi connectivity index (χ1) is 5.08. The molecular formula is C9H19NO. The van der Waals surface area contributed by atoms with Gasteiger partial charge in [0.1, 0.15) is 0 Å². The van der Waals surface area contributed by atoms with Crippen LogP contribution in [0.1, 0.15) is 33.1 Å². The highest BCUT2D eigenvalue weighted by Gasteiger charge is 2.19. The van der Waals surface area contributed by atoms with E-state index in [-0.39, 0.29) is 0 Å². The summed E-state index contributed by atoms with van der Waals surface area (Å²) in [6.45, 7) is 6.92. The van der Waals surface area contributed by atoms with Gasteiger partial charge in [0, 0.05) is 6.54 Å². The molecule has 11 heavy (non-hydrogen) atoms. The quantitative estimate of drug-likeness (QED) is 0.652. The summed E-state index contributed by atoms with van der Waals surface area (Å²) in [5.74, 6) is 0. The summed E-state index contributed by atoms with van der Waals surface area (Å²) in [4.78, 5) is 2.35. The summed E-state index contributed by atoms with van der Waals surface area (Å²) in [5, 5.41) is 9.53. The van der Waals surface area contributed by atoms with Crippen molar-refractivity contribution in [2.45, 2.75) is 38.7 Å². The zero-order chi connectivity index (χ0) is 8.32. The minimum Gasteiger partial charge on any atom is -0.389 e. The highest BCUT2D eigenvalue weighted by molar-refractivity contribution is 4.74. The number of hydrogen-bond donors (Lipinski definition) is 1. The van der Waals surface area contributed by atoms with E-state index in [4.69, 9.17) is 0 Å². The second-order valence-electron chi connectivity index (χ2n) is 4.15. The number of hydrogen-bond acceptors (Lipinski definition) is 2. The normalized spacial score (nSPS) is 22.1. The van der Waals surface area contributed by atoms with Crippen LogP contribution in [0, 0.1) is 0 Å². The predicted octanol–water partition coefficient (Wildman–Crippen LogP) is 1.24. The van der Waals surface area contributed by atoms with E-state index in [2.05, 4.69) is 4.90 Å². The first-order valence-electron chi connectivity index (χ1n) is 4.53. The van der Waals surface area contributed by atoms with Gasteiger partial charge in [-0.25, -0.2) is 0 Å². The van der Waals surface area contributed by atoms with Gasteiger partial charge in [0.25, 0.3) is 0 Å². The molecule has 0 bridgehead atoms. The Hall–Kier alpha value is -0.0800. The average Bonchev–Trinajstić information content (AvgIpc) is 1.85. The number of β-amino-alcohol motifs (C(OH)–C–C–N with tert-alkyl or cyclic N) is 1. The van der Waals surface area contributed by atoms with Crippen molar-refractivity contribution in [3.8, 4) is 0 Å². The summed E-state index contributed by atoms with van der Waals surface area (Å²) < 4.78 is 0. The second kappa shape index (κ2) is 3.55. The summed E-state index contributed by atoms with van der Waals surface area (Å²) in [6.07, 6.45) is 3.97. The molecular weight excluding hydrogens is 138 g/mol. The van der Waals surface area contributed by atoms with Crippen molar-refractivity contribution in [1.82, 2.24) is 4.90 Å². The minimum absolute atomic E-state index is 0.517. The molecule has 1 rings (SSSR count). The first-order valence-corrected chi connectivity index (χ1v) is 4.53. The van der Waals surface area contributed by atoms with Crippen molar-refractivity contribution in [1.29, 1.82) is 0 Å². The molecule has 2 heteroatoms. The number of nitrogens with zero attached hydrogens (tertiary/aromatic N) is 1. The average molecular weight is 157 g/mol. The lowest BCUT2D eigenvalue weighted by atomic mass is 10.1. The zero-order valence-electron chi connectivity index (χ0n) is 7.64. The maximum absolute atomic E-state index is 9.53. The van der Waals surface area contributed by atoms with Crippen LogP contribution >= 0.6 is 0 Å². The van der Waals surface area contributed by atoms with Crippen molar-refractivity contribution >= 4 is 0 Å². The van der Waals surface area contributed by atoms with Gasteiger partial charge in [0.15, 0.2) is 0 Å². The fourth-order valence-electron chi connectivity index (χ4n) is 1.66. The van der Waals surface area contributed by atoms with E-state index in [9.17, 15) is 5.11 Å². The number of likely N-dealkylation sites (tertiary alicyclic amines) is 1. The van der Waals surface area contributed by atoms with E-state index in [0.29, 0.717) is 0 Å². The van der Waals surface area contributed by atoms with E-state index in [1.807, 2.05) is 13.8 Å². The van der Waals surface area contributed by atoms with Crippen LogP contribution in [0.25, 0.3) is 0 Å². The molecule has 1 N–H and O–H groups in total. The van der Waals surface area contributed by atoms with Gasteiger partial charge < -0.3 is 10.0 Å². The standard InChI is InChI=1S/C9H19NO/c1-9(2,11)8-10-6-4-3-5-7-10/h11H,3-8H2,1-2H3. The molecule has 1 saturated heterocycles. The van der Waals surface area contributed by atoms with Gasteiger partial charge in [-0.15, -0.1) is 0 Å². The van der Waals surface area contributed by atoms with E-state index >= 15 is 0 Å². The van der Waals surface area contributed by atoms with Crippen molar-refractivity contribution < 1.29 is 5.11 Å². The van der Waals surface area contributed by atoms with Crippen molar-refractivity contribution in [2.75, 3.05) is 19.6 Å². The third kappa shape index (κ3) is 3.73. The van der Waals surface area contributed by atoms with E-state index < -0.39 is 5.60 Å². The lowest BCUT2D eigenvalue weighted by molar-refractivity contribution is 0.0302. The Morgan fingerprint density at radius 1 is 1.18 bits per heavy atom. The molecule has 0 unspecified atom stereocenters. The molecule has 1 aliphatic rings. The predicted molar refractivity (Wildman–Crippen MR) is 46.6 cm³/mol. The Morgan fingerprint density at radius 3 is 2.18 bits per heavy atom. The molecule has 0 amide bonds. The lowest BCUT2D eigenvalue weighted by Crippen LogP contribution is -2.41. The van der Waals surface area contributed by atoms with Crippen LogP contribution < -0.4 is 0 Å². The van der Waals surface area contributed by atoms with Crippen LogP contribution in [0.4, 0.5) is 0 Å². The number of rotatable bonds is 2. The van der Waals surface area contributed by atoms with Crippen molar-refractivity contribution in [2.24, 2.45) is 0 Å². The third-order valence-electron chi connectivity index (χ3n) is 2.06. The molecule has 0 radical (unpaired) electrons. The lowest BCUT2D eigenvalue weighted by Gasteiger charge is -2.31. The summed E-state index contributed by atoms with van der Waals surface area (Å²) in [6, 6.07) is 0. The van der Waals surface area contributed by atoms with Crippen LogP contribution in [0.5, 0.6) is 0 Å². The third-order valence-corrected chi connectivity index (χ3v) is 2.06. The molecule has 2 nitrogen and oxygen atoms in total. The molecule has 0 aromatic heterocycles.